The number of carbonyl (C=O) groups is 2. The number of nitrogens with zero attached hydrogens (tertiary/aromatic N) is 2. The number of carboxylic acids is 1. The van der Waals surface area contributed by atoms with Crippen molar-refractivity contribution in [2.75, 3.05) is 20.1 Å². The number of hydrogen-bond donors (Lipinski definition) is 2. The second-order valence-electron chi connectivity index (χ2n) is 6.34. The van der Waals surface area contributed by atoms with Crippen molar-refractivity contribution in [2.24, 2.45) is 17.3 Å². The predicted octanol–water partition coefficient (Wildman–Crippen LogP) is 2.07. The molecule has 0 spiro atoms. The molecule has 0 aromatic rings. The Morgan fingerprint density at radius 3 is 2.52 bits per heavy atom. The minimum Gasteiger partial charge on any atom is -0.481 e. The first-order valence-electron chi connectivity index (χ1n) is 7.42. The third kappa shape index (κ3) is 4.62. The summed E-state index contributed by atoms with van der Waals surface area (Å²) in [6.45, 7) is 4.35. The first kappa shape index (κ1) is 17.3. The van der Waals surface area contributed by atoms with E-state index in [2.05, 4.69) is 18.3 Å². The summed E-state index contributed by atoms with van der Waals surface area (Å²) in [7, 11) is 1.61. The molecule has 2 amide bonds. The van der Waals surface area contributed by atoms with Crippen LogP contribution in [0.25, 0.3) is 0 Å². The van der Waals surface area contributed by atoms with Gasteiger partial charge >= 0.3 is 12.0 Å². The van der Waals surface area contributed by atoms with Crippen molar-refractivity contribution >= 4 is 12.0 Å². The molecule has 0 heterocycles. The van der Waals surface area contributed by atoms with Crippen LogP contribution in [-0.4, -0.2) is 42.1 Å². The molecule has 0 bridgehead atoms. The molecular weight excluding hydrogens is 270 g/mol. The predicted molar refractivity (Wildman–Crippen MR) is 78.5 cm³/mol. The number of amides is 2. The van der Waals surface area contributed by atoms with Crippen LogP contribution < -0.4 is 5.32 Å². The van der Waals surface area contributed by atoms with Crippen LogP contribution in [-0.2, 0) is 4.79 Å². The molecule has 0 aromatic carbocycles. The van der Waals surface area contributed by atoms with Crippen LogP contribution in [0.15, 0.2) is 0 Å². The minimum atomic E-state index is -0.843. The van der Waals surface area contributed by atoms with Crippen LogP contribution in [0.5, 0.6) is 0 Å². The average molecular weight is 295 g/mol. The van der Waals surface area contributed by atoms with E-state index in [-0.39, 0.29) is 18.5 Å². The molecule has 0 aromatic heterocycles. The van der Waals surface area contributed by atoms with Gasteiger partial charge in [0.1, 0.15) is 0 Å². The topological polar surface area (TPSA) is 93.4 Å². The fourth-order valence-corrected chi connectivity index (χ4v) is 2.70. The van der Waals surface area contributed by atoms with Gasteiger partial charge in [0.15, 0.2) is 0 Å². The Morgan fingerprint density at radius 2 is 2.05 bits per heavy atom. The maximum Gasteiger partial charge on any atom is 0.317 e. The molecule has 0 aliphatic heterocycles. The lowest BCUT2D eigenvalue weighted by atomic mass is 9.71. The Labute approximate surface area is 126 Å². The van der Waals surface area contributed by atoms with Gasteiger partial charge in [0.2, 0.25) is 0 Å². The molecule has 118 valence electrons. The highest BCUT2D eigenvalue weighted by Gasteiger charge is 2.41. The SMILES string of the molecule is CC(C#N)CN(C)C(=O)NCC1(C(=O)O)CCC(C)CC1. The number of carbonyl (C=O) groups excluding carboxylic acids is 1. The molecule has 1 atom stereocenters. The molecule has 2 N–H and O–H groups in total. The summed E-state index contributed by atoms with van der Waals surface area (Å²) in [6.07, 6.45) is 2.96. The van der Waals surface area contributed by atoms with Gasteiger partial charge in [-0.3, -0.25) is 4.79 Å². The maximum absolute atomic E-state index is 12.0. The van der Waals surface area contributed by atoms with Crippen molar-refractivity contribution in [3.05, 3.63) is 0 Å². The largest absolute Gasteiger partial charge is 0.481 e. The van der Waals surface area contributed by atoms with Gasteiger partial charge in [-0.25, -0.2) is 4.79 Å². The highest BCUT2D eigenvalue weighted by Crippen LogP contribution is 2.38. The molecule has 6 nitrogen and oxygen atoms in total. The summed E-state index contributed by atoms with van der Waals surface area (Å²) in [5, 5.41) is 21.0. The van der Waals surface area contributed by atoms with Crippen LogP contribution in [0.1, 0.15) is 39.5 Å². The molecule has 1 fully saturated rings. The van der Waals surface area contributed by atoms with Crippen LogP contribution in [0.4, 0.5) is 4.79 Å². The van der Waals surface area contributed by atoms with E-state index in [4.69, 9.17) is 5.26 Å². The number of rotatable bonds is 5. The summed E-state index contributed by atoms with van der Waals surface area (Å²) < 4.78 is 0. The Bertz CT molecular complexity index is 422. The molecule has 0 saturated heterocycles. The molecule has 1 unspecified atom stereocenters. The Kier molecular flexibility index (Phi) is 6.01. The quantitative estimate of drug-likeness (QED) is 0.812. The van der Waals surface area contributed by atoms with Crippen molar-refractivity contribution in [3.63, 3.8) is 0 Å². The summed E-state index contributed by atoms with van der Waals surface area (Å²) >= 11 is 0. The van der Waals surface area contributed by atoms with E-state index in [0.717, 1.165) is 12.8 Å². The lowest BCUT2D eigenvalue weighted by Gasteiger charge is -2.36. The van der Waals surface area contributed by atoms with Gasteiger partial charge in [-0.1, -0.05) is 6.92 Å². The van der Waals surface area contributed by atoms with Gasteiger partial charge in [0.25, 0.3) is 0 Å². The molecular formula is C15H25N3O3. The first-order chi connectivity index (χ1) is 9.80. The van der Waals surface area contributed by atoms with Gasteiger partial charge in [-0.15, -0.1) is 0 Å². The van der Waals surface area contributed by atoms with Crippen LogP contribution in [0.2, 0.25) is 0 Å². The highest BCUT2D eigenvalue weighted by atomic mass is 16.4. The zero-order chi connectivity index (χ0) is 16.0. The van der Waals surface area contributed by atoms with E-state index < -0.39 is 11.4 Å². The van der Waals surface area contributed by atoms with E-state index in [9.17, 15) is 14.7 Å². The van der Waals surface area contributed by atoms with E-state index >= 15 is 0 Å². The van der Waals surface area contributed by atoms with Crippen LogP contribution in [0, 0.1) is 28.6 Å². The first-order valence-corrected chi connectivity index (χ1v) is 7.42. The molecule has 21 heavy (non-hydrogen) atoms. The summed E-state index contributed by atoms with van der Waals surface area (Å²) in [5.41, 5.74) is -0.843. The fraction of sp³-hybridized carbons (Fsp3) is 0.800. The summed E-state index contributed by atoms with van der Waals surface area (Å²) in [5.74, 6) is -0.528. The van der Waals surface area contributed by atoms with Crippen molar-refractivity contribution in [2.45, 2.75) is 39.5 Å². The van der Waals surface area contributed by atoms with E-state index in [1.165, 1.54) is 4.90 Å². The third-order valence-electron chi connectivity index (χ3n) is 4.38. The second kappa shape index (κ2) is 7.30. The van der Waals surface area contributed by atoms with Gasteiger partial charge < -0.3 is 15.3 Å². The Morgan fingerprint density at radius 1 is 1.48 bits per heavy atom. The standard InChI is InChI=1S/C15H25N3O3/c1-11-4-6-15(7-5-11,13(19)20)10-17-14(21)18(3)9-12(2)8-16/h11-12H,4-7,9-10H2,1-3H3,(H,17,21)(H,19,20). The van der Waals surface area contributed by atoms with Crippen molar-refractivity contribution < 1.29 is 14.7 Å². The Balaban J connectivity index is 2.56. The molecule has 0 radical (unpaired) electrons. The van der Waals surface area contributed by atoms with Crippen LogP contribution in [0.3, 0.4) is 0 Å². The molecule has 6 heteroatoms. The minimum absolute atomic E-state index is 0.152. The number of nitrogens with one attached hydrogen (secondary N) is 1. The summed E-state index contributed by atoms with van der Waals surface area (Å²) in [4.78, 5) is 25.0. The number of aliphatic carboxylic acids is 1. The average Bonchev–Trinajstić information content (AvgIpc) is 2.46. The van der Waals surface area contributed by atoms with E-state index in [0.29, 0.717) is 25.3 Å². The second-order valence-corrected chi connectivity index (χ2v) is 6.34. The monoisotopic (exact) mass is 295 g/mol. The molecule has 1 aliphatic rings. The smallest absolute Gasteiger partial charge is 0.317 e. The normalized spacial score (nSPS) is 26.5. The van der Waals surface area contributed by atoms with Gasteiger partial charge in [0, 0.05) is 20.1 Å². The van der Waals surface area contributed by atoms with Crippen molar-refractivity contribution in [1.82, 2.24) is 10.2 Å². The fourth-order valence-electron chi connectivity index (χ4n) is 2.70. The Hall–Kier alpha value is -1.77. The van der Waals surface area contributed by atoms with Crippen molar-refractivity contribution in [1.29, 1.82) is 5.26 Å². The van der Waals surface area contributed by atoms with Gasteiger partial charge in [-0.05, 0) is 38.5 Å². The number of carboxylic acid groups (broad SMARTS) is 1. The zero-order valence-corrected chi connectivity index (χ0v) is 13.1. The third-order valence-corrected chi connectivity index (χ3v) is 4.38. The zero-order valence-electron chi connectivity index (χ0n) is 13.1. The van der Waals surface area contributed by atoms with Gasteiger partial charge in [-0.2, -0.15) is 5.26 Å². The number of hydrogen-bond acceptors (Lipinski definition) is 3. The summed E-state index contributed by atoms with van der Waals surface area (Å²) in [6, 6.07) is 1.75. The van der Waals surface area contributed by atoms with Crippen molar-refractivity contribution in [3.8, 4) is 6.07 Å². The van der Waals surface area contributed by atoms with E-state index in [1.54, 1.807) is 14.0 Å². The van der Waals surface area contributed by atoms with Crippen LogP contribution >= 0.6 is 0 Å². The molecule has 1 rings (SSSR count). The highest BCUT2D eigenvalue weighted by molar-refractivity contribution is 5.78. The molecule has 1 saturated carbocycles. The molecule has 1 aliphatic carbocycles. The lowest BCUT2D eigenvalue weighted by molar-refractivity contribution is -0.151. The number of urea groups is 1. The number of nitriles is 1. The lowest BCUT2D eigenvalue weighted by Crippen LogP contribution is -2.48. The van der Waals surface area contributed by atoms with Gasteiger partial charge in [0.05, 0.1) is 17.4 Å². The van der Waals surface area contributed by atoms with E-state index in [1.807, 2.05) is 0 Å². The maximum atomic E-state index is 12.0.